The predicted molar refractivity (Wildman–Crippen MR) is 124 cm³/mol. The maximum Gasteiger partial charge on any atom is 0.226 e. The third kappa shape index (κ3) is 6.29. The summed E-state index contributed by atoms with van der Waals surface area (Å²) in [7, 11) is 2.06. The molecule has 6 nitrogen and oxygen atoms in total. The first-order valence-corrected chi connectivity index (χ1v) is 11.1. The van der Waals surface area contributed by atoms with Crippen molar-refractivity contribution in [3.05, 3.63) is 54.1 Å². The van der Waals surface area contributed by atoms with E-state index in [1.54, 1.807) is 0 Å². The molecule has 0 atom stereocenters. The first-order valence-electron chi connectivity index (χ1n) is 10.3. The fourth-order valence-corrected chi connectivity index (χ4v) is 4.09. The molecule has 0 bridgehead atoms. The Kier molecular flexibility index (Phi) is 7.79. The Labute approximate surface area is 181 Å². The average Bonchev–Trinajstić information content (AvgIpc) is 3.13. The van der Waals surface area contributed by atoms with Gasteiger partial charge < -0.3 is 15.5 Å². The zero-order chi connectivity index (χ0) is 21.3. The quantitative estimate of drug-likeness (QED) is 0.478. The summed E-state index contributed by atoms with van der Waals surface area (Å²) >= 11 is 1.44. The van der Waals surface area contributed by atoms with Gasteiger partial charge in [-0.25, -0.2) is 4.98 Å². The number of aromatic nitrogens is 1. The predicted octanol–water partition coefficient (Wildman–Crippen LogP) is 4.22. The maximum absolute atomic E-state index is 12.3. The zero-order valence-electron chi connectivity index (χ0n) is 17.5. The summed E-state index contributed by atoms with van der Waals surface area (Å²) in [5.41, 5.74) is 2.95. The Morgan fingerprint density at radius 3 is 2.67 bits per heavy atom. The van der Waals surface area contributed by atoms with Crippen LogP contribution in [0.25, 0.3) is 10.2 Å². The van der Waals surface area contributed by atoms with Gasteiger partial charge in [-0.05, 0) is 42.7 Å². The molecule has 2 aromatic carbocycles. The van der Waals surface area contributed by atoms with Crippen molar-refractivity contribution in [1.29, 1.82) is 0 Å². The number of amides is 2. The SMILES string of the molecule is CCCC(=O)Nc1nc2ccc(CC(=O)NCCCN(C)c3ccccc3)cc2s1. The minimum Gasteiger partial charge on any atom is -0.375 e. The molecule has 1 aromatic heterocycles. The fraction of sp³-hybridized carbons (Fsp3) is 0.348. The summed E-state index contributed by atoms with van der Waals surface area (Å²) < 4.78 is 0.969. The molecular weight excluding hydrogens is 396 g/mol. The van der Waals surface area contributed by atoms with E-state index in [-0.39, 0.29) is 11.8 Å². The van der Waals surface area contributed by atoms with E-state index in [1.807, 2.05) is 43.3 Å². The van der Waals surface area contributed by atoms with Crippen LogP contribution in [0.3, 0.4) is 0 Å². The highest BCUT2D eigenvalue weighted by atomic mass is 32.1. The highest BCUT2D eigenvalue weighted by Gasteiger charge is 2.10. The van der Waals surface area contributed by atoms with E-state index < -0.39 is 0 Å². The molecule has 0 unspecified atom stereocenters. The molecule has 30 heavy (non-hydrogen) atoms. The standard InChI is InChI=1S/C23H28N4O2S/c1-3-8-21(28)26-23-25-19-12-11-17(15-20(19)30-23)16-22(29)24-13-7-14-27(2)18-9-5-4-6-10-18/h4-6,9-12,15H,3,7-8,13-14,16H2,1-2H3,(H,24,29)(H,25,26,28). The lowest BCUT2D eigenvalue weighted by molar-refractivity contribution is -0.120. The molecule has 1 heterocycles. The number of hydrogen-bond acceptors (Lipinski definition) is 5. The van der Waals surface area contributed by atoms with E-state index in [4.69, 9.17) is 0 Å². The molecule has 0 spiro atoms. The number of carbonyl (C=O) groups excluding carboxylic acids is 2. The van der Waals surface area contributed by atoms with Crippen molar-refractivity contribution in [1.82, 2.24) is 10.3 Å². The van der Waals surface area contributed by atoms with Crippen LogP contribution >= 0.6 is 11.3 Å². The minimum absolute atomic E-state index is 0.0118. The molecule has 0 saturated heterocycles. The lowest BCUT2D eigenvalue weighted by atomic mass is 10.1. The monoisotopic (exact) mass is 424 g/mol. The van der Waals surface area contributed by atoms with Gasteiger partial charge in [0.1, 0.15) is 0 Å². The summed E-state index contributed by atoms with van der Waals surface area (Å²) in [5, 5.41) is 6.43. The Hall–Kier alpha value is -2.93. The fourth-order valence-electron chi connectivity index (χ4n) is 3.14. The molecule has 7 heteroatoms. The second-order valence-corrected chi connectivity index (χ2v) is 8.29. The summed E-state index contributed by atoms with van der Waals surface area (Å²) in [5.74, 6) is -0.00762. The molecular formula is C23H28N4O2S. The largest absolute Gasteiger partial charge is 0.375 e. The number of hydrogen-bond donors (Lipinski definition) is 2. The summed E-state index contributed by atoms with van der Waals surface area (Å²) in [6.45, 7) is 3.49. The number of para-hydroxylation sites is 1. The van der Waals surface area contributed by atoms with Crippen molar-refractivity contribution in [2.75, 3.05) is 30.4 Å². The van der Waals surface area contributed by atoms with Crippen molar-refractivity contribution in [2.45, 2.75) is 32.6 Å². The topological polar surface area (TPSA) is 74.3 Å². The van der Waals surface area contributed by atoms with Crippen molar-refractivity contribution in [2.24, 2.45) is 0 Å². The smallest absolute Gasteiger partial charge is 0.226 e. The number of benzene rings is 2. The number of fused-ring (bicyclic) bond motifs is 1. The molecule has 2 amide bonds. The van der Waals surface area contributed by atoms with Gasteiger partial charge in [-0.1, -0.05) is 42.5 Å². The van der Waals surface area contributed by atoms with Crippen LogP contribution in [0.15, 0.2) is 48.5 Å². The number of nitrogens with zero attached hydrogens (tertiary/aromatic N) is 2. The van der Waals surface area contributed by atoms with Gasteiger partial charge in [0.2, 0.25) is 11.8 Å². The van der Waals surface area contributed by atoms with Crippen molar-refractivity contribution in [3.63, 3.8) is 0 Å². The number of anilines is 2. The van der Waals surface area contributed by atoms with Gasteiger partial charge in [-0.2, -0.15) is 0 Å². The number of nitrogens with one attached hydrogen (secondary N) is 2. The van der Waals surface area contributed by atoms with Crippen LogP contribution in [0.1, 0.15) is 31.7 Å². The summed E-state index contributed by atoms with van der Waals surface area (Å²) in [6.07, 6.45) is 2.51. The highest BCUT2D eigenvalue weighted by Crippen LogP contribution is 2.27. The van der Waals surface area contributed by atoms with Gasteiger partial charge in [0.05, 0.1) is 16.6 Å². The minimum atomic E-state index is -0.0194. The lowest BCUT2D eigenvalue weighted by Crippen LogP contribution is -2.29. The molecule has 0 aliphatic carbocycles. The van der Waals surface area contributed by atoms with Gasteiger partial charge in [-0.3, -0.25) is 9.59 Å². The molecule has 0 aliphatic rings. The normalized spacial score (nSPS) is 10.7. The highest BCUT2D eigenvalue weighted by molar-refractivity contribution is 7.22. The van der Waals surface area contributed by atoms with E-state index in [9.17, 15) is 9.59 Å². The molecule has 3 rings (SSSR count). The lowest BCUT2D eigenvalue weighted by Gasteiger charge is -2.19. The molecule has 158 valence electrons. The number of carbonyl (C=O) groups is 2. The molecule has 0 saturated carbocycles. The maximum atomic E-state index is 12.3. The molecule has 0 radical (unpaired) electrons. The summed E-state index contributed by atoms with van der Waals surface area (Å²) in [4.78, 5) is 30.7. The van der Waals surface area contributed by atoms with E-state index in [0.717, 1.165) is 35.2 Å². The molecule has 0 fully saturated rings. The third-order valence-corrected chi connectivity index (χ3v) is 5.66. The molecule has 3 aromatic rings. The Balaban J connectivity index is 1.46. The number of thiazole rings is 1. The zero-order valence-corrected chi connectivity index (χ0v) is 18.3. The first-order chi connectivity index (χ1) is 14.5. The van der Waals surface area contributed by atoms with Crippen LogP contribution < -0.4 is 15.5 Å². The summed E-state index contributed by atoms with van der Waals surface area (Å²) in [6, 6.07) is 16.0. The van der Waals surface area contributed by atoms with Crippen LogP contribution in [-0.2, 0) is 16.0 Å². The second-order valence-electron chi connectivity index (χ2n) is 7.26. The molecule has 0 aliphatic heterocycles. The van der Waals surface area contributed by atoms with E-state index in [0.29, 0.717) is 24.5 Å². The van der Waals surface area contributed by atoms with Crippen LogP contribution in [-0.4, -0.2) is 36.9 Å². The van der Waals surface area contributed by atoms with E-state index >= 15 is 0 Å². The van der Waals surface area contributed by atoms with E-state index in [2.05, 4.69) is 39.7 Å². The van der Waals surface area contributed by atoms with Crippen LogP contribution in [0.2, 0.25) is 0 Å². The van der Waals surface area contributed by atoms with Crippen LogP contribution in [0.4, 0.5) is 10.8 Å². The second kappa shape index (κ2) is 10.7. The van der Waals surface area contributed by atoms with Gasteiger partial charge in [0.15, 0.2) is 5.13 Å². The van der Waals surface area contributed by atoms with Gasteiger partial charge in [0, 0.05) is 32.2 Å². The van der Waals surface area contributed by atoms with Crippen molar-refractivity contribution < 1.29 is 9.59 Å². The first kappa shape index (κ1) is 21.8. The van der Waals surface area contributed by atoms with Gasteiger partial charge in [0.25, 0.3) is 0 Å². The van der Waals surface area contributed by atoms with Crippen molar-refractivity contribution in [3.8, 4) is 0 Å². The van der Waals surface area contributed by atoms with Gasteiger partial charge >= 0.3 is 0 Å². The third-order valence-electron chi connectivity index (χ3n) is 4.73. The van der Waals surface area contributed by atoms with E-state index in [1.165, 1.54) is 17.0 Å². The van der Waals surface area contributed by atoms with Crippen LogP contribution in [0, 0.1) is 0 Å². The Bertz CT molecular complexity index is 987. The Morgan fingerprint density at radius 2 is 1.90 bits per heavy atom. The molecule has 2 N–H and O–H groups in total. The Morgan fingerprint density at radius 1 is 1.10 bits per heavy atom. The van der Waals surface area contributed by atoms with Crippen molar-refractivity contribution >= 4 is 44.2 Å². The average molecular weight is 425 g/mol. The van der Waals surface area contributed by atoms with Gasteiger partial charge in [-0.15, -0.1) is 0 Å². The van der Waals surface area contributed by atoms with Crippen LogP contribution in [0.5, 0.6) is 0 Å². The number of rotatable bonds is 10.